The van der Waals surface area contributed by atoms with Crippen LogP contribution in [-0.2, 0) is 11.2 Å². The van der Waals surface area contributed by atoms with Gasteiger partial charge in [-0.15, -0.1) is 0 Å². The number of piperidine rings is 1. The molecule has 0 aromatic heterocycles. The lowest BCUT2D eigenvalue weighted by molar-refractivity contribution is -0.118. The summed E-state index contributed by atoms with van der Waals surface area (Å²) in [5, 5.41) is 6.18. The van der Waals surface area contributed by atoms with Crippen LogP contribution in [0, 0.1) is 5.92 Å². The molecule has 4 rings (SSSR count). The van der Waals surface area contributed by atoms with Crippen molar-refractivity contribution in [3.63, 3.8) is 0 Å². The summed E-state index contributed by atoms with van der Waals surface area (Å²) in [7, 11) is 0. The maximum atomic E-state index is 12.0. The molecule has 1 unspecified atom stereocenters. The molecule has 1 fully saturated rings. The monoisotopic (exact) mass is 557 g/mol. The number of anilines is 2. The number of carbonyl (C=O) groups is 1. The van der Waals surface area contributed by atoms with E-state index in [1.807, 2.05) is 39.0 Å². The summed E-state index contributed by atoms with van der Waals surface area (Å²) < 4.78 is 0. The minimum Gasteiger partial charge on any atom is -0.350 e. The minimum atomic E-state index is 0.00479. The molecule has 1 amide bonds. The second-order valence-corrected chi connectivity index (χ2v) is 11.8. The summed E-state index contributed by atoms with van der Waals surface area (Å²) >= 11 is 4.97. The number of rotatable bonds is 9. The van der Waals surface area contributed by atoms with E-state index in [0.717, 1.165) is 35.9 Å². The van der Waals surface area contributed by atoms with Crippen LogP contribution in [0.1, 0.15) is 82.4 Å². The Morgan fingerprint density at radius 3 is 2.25 bits per heavy atom. The van der Waals surface area contributed by atoms with E-state index in [-0.39, 0.29) is 11.8 Å². The number of thiocarbonyl (C=S) groups is 1. The maximum Gasteiger partial charge on any atom is 0.226 e. The van der Waals surface area contributed by atoms with E-state index in [1.54, 1.807) is 0 Å². The Bertz CT molecular complexity index is 1200. The Labute approximate surface area is 247 Å². The molecule has 1 atom stereocenters. The number of benzene rings is 3. The van der Waals surface area contributed by atoms with Crippen molar-refractivity contribution in [3.05, 3.63) is 95.6 Å². The van der Waals surface area contributed by atoms with E-state index in [1.165, 1.54) is 42.5 Å². The van der Waals surface area contributed by atoms with E-state index in [0.29, 0.717) is 11.8 Å². The van der Waals surface area contributed by atoms with Gasteiger partial charge in [0.1, 0.15) is 0 Å². The van der Waals surface area contributed by atoms with Crippen molar-refractivity contribution in [2.45, 2.75) is 72.1 Å². The third kappa shape index (κ3) is 10.2. The van der Waals surface area contributed by atoms with Crippen molar-refractivity contribution >= 4 is 34.5 Å². The number of para-hydroxylation sites is 1. The Hall–Kier alpha value is -3.02. The molecule has 0 aliphatic carbocycles. The predicted molar refractivity (Wildman–Crippen MR) is 176 cm³/mol. The molecule has 0 radical (unpaired) electrons. The van der Waals surface area contributed by atoms with Gasteiger partial charge in [0.05, 0.1) is 4.99 Å². The van der Waals surface area contributed by atoms with Crippen LogP contribution in [0.2, 0.25) is 0 Å². The molecule has 1 heterocycles. The van der Waals surface area contributed by atoms with Crippen LogP contribution in [0.4, 0.5) is 11.4 Å². The summed E-state index contributed by atoms with van der Waals surface area (Å²) in [6, 6.07) is 27.5. The molecular weight excluding hydrogens is 510 g/mol. The highest BCUT2D eigenvalue weighted by molar-refractivity contribution is 7.80. The minimum absolute atomic E-state index is 0.00479. The van der Waals surface area contributed by atoms with Crippen LogP contribution >= 0.6 is 12.2 Å². The van der Waals surface area contributed by atoms with Gasteiger partial charge in [0.15, 0.2) is 0 Å². The molecule has 1 saturated heterocycles. The lowest BCUT2D eigenvalue weighted by Gasteiger charge is -2.33. The fourth-order valence-electron chi connectivity index (χ4n) is 5.11. The number of amides is 1. The largest absolute Gasteiger partial charge is 0.350 e. The SMILES string of the molecule is CC(C)C(=O)Nc1cccc(C2CCN(CCC(C)c3ccccc3)CC2)c1.CCc1ccccc1NC(C)=S. The molecule has 4 nitrogen and oxygen atoms in total. The van der Waals surface area contributed by atoms with Crippen LogP contribution in [-0.4, -0.2) is 35.4 Å². The van der Waals surface area contributed by atoms with Gasteiger partial charge in [-0.1, -0.05) is 101 Å². The summed E-state index contributed by atoms with van der Waals surface area (Å²) in [6.45, 7) is 13.7. The molecular formula is C35H47N3OS. The van der Waals surface area contributed by atoms with Crippen molar-refractivity contribution in [1.82, 2.24) is 4.90 Å². The van der Waals surface area contributed by atoms with E-state index < -0.39 is 0 Å². The number of likely N-dealkylation sites (tertiary alicyclic amines) is 1. The zero-order chi connectivity index (χ0) is 28.9. The van der Waals surface area contributed by atoms with Gasteiger partial charge in [0.2, 0.25) is 5.91 Å². The maximum absolute atomic E-state index is 12.0. The summed E-state index contributed by atoms with van der Waals surface area (Å²) in [4.78, 5) is 15.4. The highest BCUT2D eigenvalue weighted by atomic mass is 32.1. The van der Waals surface area contributed by atoms with Gasteiger partial charge in [0.25, 0.3) is 0 Å². The lowest BCUT2D eigenvalue weighted by Crippen LogP contribution is -2.34. The summed E-state index contributed by atoms with van der Waals surface area (Å²) in [5.74, 6) is 1.29. The zero-order valence-electron chi connectivity index (χ0n) is 25.0. The average Bonchev–Trinajstić information content (AvgIpc) is 2.97. The van der Waals surface area contributed by atoms with E-state index >= 15 is 0 Å². The van der Waals surface area contributed by atoms with Crippen LogP contribution < -0.4 is 10.6 Å². The van der Waals surface area contributed by atoms with Gasteiger partial charge in [-0.05, 0) is 99.0 Å². The number of aryl methyl sites for hydroxylation is 1. The smallest absolute Gasteiger partial charge is 0.226 e. The van der Waals surface area contributed by atoms with Gasteiger partial charge < -0.3 is 15.5 Å². The Morgan fingerprint density at radius 2 is 1.60 bits per heavy atom. The molecule has 3 aromatic rings. The van der Waals surface area contributed by atoms with Gasteiger partial charge in [0, 0.05) is 17.3 Å². The normalized spacial score (nSPS) is 14.7. The third-order valence-electron chi connectivity index (χ3n) is 7.69. The van der Waals surface area contributed by atoms with Gasteiger partial charge in [-0.3, -0.25) is 4.79 Å². The molecule has 5 heteroatoms. The Kier molecular flexibility index (Phi) is 12.8. The molecule has 0 saturated carbocycles. The fourth-order valence-corrected chi connectivity index (χ4v) is 5.22. The molecule has 1 aliphatic heterocycles. The van der Waals surface area contributed by atoms with Crippen molar-refractivity contribution < 1.29 is 4.79 Å². The highest BCUT2D eigenvalue weighted by Crippen LogP contribution is 2.30. The average molecular weight is 558 g/mol. The summed E-state index contributed by atoms with van der Waals surface area (Å²) in [5.41, 5.74) is 6.17. The molecule has 2 N–H and O–H groups in total. The van der Waals surface area contributed by atoms with E-state index in [9.17, 15) is 4.79 Å². The topological polar surface area (TPSA) is 44.4 Å². The Morgan fingerprint density at radius 1 is 0.925 bits per heavy atom. The molecule has 1 aliphatic rings. The quantitative estimate of drug-likeness (QED) is 0.258. The highest BCUT2D eigenvalue weighted by Gasteiger charge is 2.21. The first kappa shape index (κ1) is 31.5. The number of nitrogens with zero attached hydrogens (tertiary/aromatic N) is 1. The first-order chi connectivity index (χ1) is 19.3. The molecule has 3 aromatic carbocycles. The molecule has 0 spiro atoms. The summed E-state index contributed by atoms with van der Waals surface area (Å²) in [6.07, 6.45) is 4.64. The standard InChI is InChI=1S/C25H34N2O.C10H13NS/c1-19(2)25(28)26-24-11-7-10-23(18-24)22-13-16-27(17-14-22)15-12-20(3)21-8-5-4-6-9-21;1-3-9-6-4-5-7-10(9)11-8(2)12/h4-11,18-20,22H,12-17H2,1-3H3,(H,26,28);4-7H,3H2,1-2H3,(H,11,12). The molecule has 40 heavy (non-hydrogen) atoms. The Balaban J connectivity index is 0.000000307. The molecule has 214 valence electrons. The number of hydrogen-bond donors (Lipinski definition) is 2. The van der Waals surface area contributed by atoms with Crippen molar-refractivity contribution in [2.24, 2.45) is 5.92 Å². The van der Waals surface area contributed by atoms with Crippen molar-refractivity contribution in [2.75, 3.05) is 30.3 Å². The number of carbonyl (C=O) groups excluding carboxylic acids is 1. The zero-order valence-corrected chi connectivity index (χ0v) is 25.8. The van der Waals surface area contributed by atoms with Crippen LogP contribution in [0.15, 0.2) is 78.9 Å². The van der Waals surface area contributed by atoms with E-state index in [4.69, 9.17) is 12.2 Å². The fraction of sp³-hybridized carbons (Fsp3) is 0.429. The second kappa shape index (κ2) is 16.3. The van der Waals surface area contributed by atoms with Gasteiger partial charge >= 0.3 is 0 Å². The lowest BCUT2D eigenvalue weighted by atomic mass is 9.88. The van der Waals surface area contributed by atoms with Gasteiger partial charge in [-0.25, -0.2) is 0 Å². The first-order valence-corrected chi connectivity index (χ1v) is 15.2. The first-order valence-electron chi connectivity index (χ1n) is 14.8. The van der Waals surface area contributed by atoms with E-state index in [2.05, 4.69) is 90.0 Å². The van der Waals surface area contributed by atoms with Gasteiger partial charge in [-0.2, -0.15) is 0 Å². The van der Waals surface area contributed by atoms with Crippen molar-refractivity contribution in [3.8, 4) is 0 Å². The second-order valence-electron chi connectivity index (χ2n) is 11.2. The third-order valence-corrected chi connectivity index (χ3v) is 7.80. The number of hydrogen-bond acceptors (Lipinski definition) is 3. The van der Waals surface area contributed by atoms with Crippen LogP contribution in [0.3, 0.4) is 0 Å². The van der Waals surface area contributed by atoms with Crippen LogP contribution in [0.25, 0.3) is 0 Å². The predicted octanol–water partition coefficient (Wildman–Crippen LogP) is 8.66. The molecule has 0 bridgehead atoms. The van der Waals surface area contributed by atoms with Crippen LogP contribution in [0.5, 0.6) is 0 Å². The van der Waals surface area contributed by atoms with Crippen molar-refractivity contribution in [1.29, 1.82) is 0 Å². The number of nitrogens with one attached hydrogen (secondary N) is 2.